The molecule has 0 N–H and O–H groups in total. The average Bonchev–Trinajstić information content (AvgIpc) is 2.63. The molecule has 2 bridgehead atoms. The van der Waals surface area contributed by atoms with Crippen LogP contribution < -0.4 is 0 Å². The van der Waals surface area contributed by atoms with Gasteiger partial charge in [-0.25, -0.2) is 0 Å². The number of allylic oxidation sites excluding steroid dienone is 1. The van der Waals surface area contributed by atoms with E-state index in [1.54, 1.807) is 0 Å². The summed E-state index contributed by atoms with van der Waals surface area (Å²) in [5, 5.41) is 0. The van der Waals surface area contributed by atoms with Gasteiger partial charge in [-0.2, -0.15) is 0 Å². The Morgan fingerprint density at radius 3 is 1.96 bits per heavy atom. The molecule has 2 fully saturated rings. The molecule has 0 aromatic carbocycles. The molecule has 2 saturated heterocycles. The fourth-order valence-electron chi connectivity index (χ4n) is 5.11. The van der Waals surface area contributed by atoms with Crippen molar-refractivity contribution >= 4 is 43.9 Å². The summed E-state index contributed by atoms with van der Waals surface area (Å²) in [5.41, 5.74) is 1.95. The molecule has 2 aliphatic rings. The number of hydrogen-bond acceptors (Lipinski definition) is 1. The summed E-state index contributed by atoms with van der Waals surface area (Å²) in [6, 6.07) is 0. The van der Waals surface area contributed by atoms with Crippen LogP contribution in [0.15, 0.2) is 9.06 Å². The van der Waals surface area contributed by atoms with Crippen LogP contribution in [0.5, 0.6) is 0 Å². The van der Waals surface area contributed by atoms with Gasteiger partial charge in [0.1, 0.15) is 0 Å². The van der Waals surface area contributed by atoms with Crippen LogP contribution in [0, 0.1) is 5.92 Å². The minimum absolute atomic E-state index is 0.797. The first kappa shape index (κ1) is 21.7. The zero-order valence-corrected chi connectivity index (χ0v) is 23.4. The Bertz CT molecular complexity index is 449. The van der Waals surface area contributed by atoms with Gasteiger partial charge in [-0.15, -0.1) is 0 Å². The number of rotatable bonds is 5. The summed E-state index contributed by atoms with van der Waals surface area (Å²) < 4.78 is 8.48. The van der Waals surface area contributed by atoms with E-state index in [9.17, 15) is 0 Å². The molecule has 0 saturated carbocycles. The van der Waals surface area contributed by atoms with Gasteiger partial charge in [0.05, 0.1) is 0 Å². The van der Waals surface area contributed by atoms with Crippen LogP contribution in [-0.2, 0) is 3.07 Å². The molecule has 24 heavy (non-hydrogen) atoms. The topological polar surface area (TPSA) is 9.23 Å². The second-order valence-corrected chi connectivity index (χ2v) is 38.1. The Labute approximate surface area is 161 Å². The molecule has 0 spiro atoms. The molecule has 138 valence electrons. The third kappa shape index (κ3) is 5.68. The SMILES string of the molecule is CC(C)B1/C(=[C](/C[O][Sn]([CH3])([CH3])[CH3])[Sn]([CH3])([CH3])[CH3])C2CCCC1CCC2. The van der Waals surface area contributed by atoms with Crippen molar-refractivity contribution in [2.24, 2.45) is 5.92 Å². The Kier molecular flexibility index (Phi) is 7.75. The van der Waals surface area contributed by atoms with Crippen molar-refractivity contribution in [1.82, 2.24) is 0 Å². The van der Waals surface area contributed by atoms with E-state index in [0.717, 1.165) is 30.9 Å². The molecule has 0 amide bonds. The normalized spacial score (nSPS) is 28.1. The molecule has 0 aromatic rings. The molecule has 2 heterocycles. The van der Waals surface area contributed by atoms with Crippen LogP contribution in [0.25, 0.3) is 0 Å². The molecule has 1 nitrogen and oxygen atoms in total. The fraction of sp³-hybridized carbons (Fsp3) is 0.900. The Morgan fingerprint density at radius 2 is 1.54 bits per heavy atom. The number of hydrogen-bond donors (Lipinski definition) is 0. The summed E-state index contributed by atoms with van der Waals surface area (Å²) in [7, 11) is 0. The maximum absolute atomic E-state index is 6.59. The monoisotopic (exact) mass is 548 g/mol. The molecule has 0 aliphatic carbocycles. The van der Waals surface area contributed by atoms with Gasteiger partial charge in [-0.05, 0) is 0 Å². The van der Waals surface area contributed by atoms with E-state index < -0.39 is 37.2 Å². The second kappa shape index (κ2) is 8.58. The van der Waals surface area contributed by atoms with E-state index >= 15 is 0 Å². The van der Waals surface area contributed by atoms with E-state index in [-0.39, 0.29) is 0 Å². The van der Waals surface area contributed by atoms with Crippen LogP contribution in [0.3, 0.4) is 0 Å². The first-order chi connectivity index (χ1) is 11.0. The Hall–Kier alpha value is 1.36. The predicted octanol–water partition coefficient (Wildman–Crippen LogP) is 6.81. The third-order valence-electron chi connectivity index (χ3n) is 6.18. The minimum atomic E-state index is -2.19. The van der Waals surface area contributed by atoms with Crippen molar-refractivity contribution in [1.29, 1.82) is 0 Å². The summed E-state index contributed by atoms with van der Waals surface area (Å²) in [4.78, 5) is 15.1. The standard InChI is InChI=1S/C14H23BO.6CH3.2Sn/c1-11(2)15-13-7-3-5-12(6-4-8-13)14(15)9-10-16;;;;;;;;/h11-13H,3-8,10H2,1-2H3;6*1H3;;/q-1;;;;;;;;+1. The quantitative estimate of drug-likeness (QED) is 0.345. The van der Waals surface area contributed by atoms with Crippen molar-refractivity contribution in [3.63, 3.8) is 0 Å². The van der Waals surface area contributed by atoms with Crippen molar-refractivity contribution in [2.45, 2.75) is 93.6 Å². The molecular weight excluding hydrogens is 504 g/mol. The van der Waals surface area contributed by atoms with Crippen LogP contribution >= 0.6 is 0 Å². The van der Waals surface area contributed by atoms with Gasteiger partial charge in [-0.1, -0.05) is 0 Å². The second-order valence-electron chi connectivity index (χ2n) is 10.7. The van der Waals surface area contributed by atoms with Crippen molar-refractivity contribution < 1.29 is 3.07 Å². The Balaban J connectivity index is 2.52. The molecular formula is C20H41BOSn2. The van der Waals surface area contributed by atoms with Crippen molar-refractivity contribution in [3.8, 4) is 0 Å². The van der Waals surface area contributed by atoms with Gasteiger partial charge in [-0.3, -0.25) is 0 Å². The summed E-state index contributed by atoms with van der Waals surface area (Å²) in [5.74, 6) is 2.63. The molecule has 2 aliphatic heterocycles. The zero-order chi connectivity index (χ0) is 18.1. The fourth-order valence-corrected chi connectivity index (χ4v) is 12.9. The van der Waals surface area contributed by atoms with Crippen LogP contribution in [0.4, 0.5) is 0 Å². The molecule has 0 unspecified atom stereocenters. The molecule has 0 radical (unpaired) electrons. The summed E-state index contributed by atoms with van der Waals surface area (Å²) >= 11 is -4.36. The third-order valence-corrected chi connectivity index (χ3v) is 15.5. The van der Waals surface area contributed by atoms with E-state index in [1.165, 1.54) is 38.5 Å². The van der Waals surface area contributed by atoms with Crippen LogP contribution in [0.2, 0.25) is 41.3 Å². The molecule has 0 aromatic heterocycles. The first-order valence-corrected chi connectivity index (χ1v) is 30.1. The summed E-state index contributed by atoms with van der Waals surface area (Å²) in [6.07, 6.45) is 8.81. The van der Waals surface area contributed by atoms with Gasteiger partial charge < -0.3 is 0 Å². The zero-order valence-electron chi connectivity index (χ0n) is 17.7. The first-order valence-electron chi connectivity index (χ1n) is 10.4. The average molecular weight is 546 g/mol. The van der Waals surface area contributed by atoms with E-state index in [0.29, 0.717) is 0 Å². The van der Waals surface area contributed by atoms with Crippen molar-refractivity contribution in [2.75, 3.05) is 6.61 Å². The van der Waals surface area contributed by atoms with Crippen LogP contribution in [0.1, 0.15) is 52.4 Å². The van der Waals surface area contributed by atoms with Gasteiger partial charge in [0, 0.05) is 0 Å². The van der Waals surface area contributed by atoms with E-state index in [2.05, 4.69) is 43.5 Å². The molecule has 2 rings (SSSR count). The van der Waals surface area contributed by atoms with E-state index in [1.807, 2.05) is 9.06 Å². The molecule has 0 atom stereocenters. The van der Waals surface area contributed by atoms with E-state index in [4.69, 9.17) is 3.07 Å². The van der Waals surface area contributed by atoms with Gasteiger partial charge >= 0.3 is 162 Å². The van der Waals surface area contributed by atoms with Crippen LogP contribution in [-0.4, -0.2) is 50.5 Å². The van der Waals surface area contributed by atoms with Gasteiger partial charge in [0.2, 0.25) is 0 Å². The maximum atomic E-state index is 6.59. The van der Waals surface area contributed by atoms with Gasteiger partial charge in [0.15, 0.2) is 0 Å². The Morgan fingerprint density at radius 1 is 1.00 bits per heavy atom. The summed E-state index contributed by atoms with van der Waals surface area (Å²) in [6.45, 7) is 6.83. The van der Waals surface area contributed by atoms with Gasteiger partial charge in [0.25, 0.3) is 0 Å². The number of fused-ring (bicyclic) bond motifs is 3. The predicted molar refractivity (Wildman–Crippen MR) is 115 cm³/mol. The van der Waals surface area contributed by atoms with Crippen molar-refractivity contribution in [3.05, 3.63) is 9.06 Å². The molecule has 4 heteroatoms.